The van der Waals surface area contributed by atoms with E-state index >= 15 is 0 Å². The van der Waals surface area contributed by atoms with E-state index in [0.717, 1.165) is 19.1 Å². The molecule has 0 radical (unpaired) electrons. The van der Waals surface area contributed by atoms with Crippen LogP contribution in [0.5, 0.6) is 0 Å². The summed E-state index contributed by atoms with van der Waals surface area (Å²) in [7, 11) is 2.26. The Morgan fingerprint density at radius 2 is 1.86 bits per heavy atom. The topological polar surface area (TPSA) is 15.3 Å². The van der Waals surface area contributed by atoms with Gasteiger partial charge in [0.2, 0.25) is 0 Å². The van der Waals surface area contributed by atoms with Gasteiger partial charge in [-0.15, -0.1) is 0 Å². The van der Waals surface area contributed by atoms with Gasteiger partial charge >= 0.3 is 0 Å². The zero-order valence-electron chi connectivity index (χ0n) is 10.5. The van der Waals surface area contributed by atoms with Crippen molar-refractivity contribution in [1.82, 2.24) is 10.2 Å². The van der Waals surface area contributed by atoms with Gasteiger partial charge in [0, 0.05) is 12.6 Å². The molecule has 86 valence electrons. The molecule has 0 amide bonds. The molecule has 0 spiro atoms. The highest BCUT2D eigenvalue weighted by molar-refractivity contribution is 4.70. The molecule has 1 N–H and O–H groups in total. The molecular formula is C12H28N2. The molecule has 0 saturated heterocycles. The zero-order chi connectivity index (χ0) is 10.8. The van der Waals surface area contributed by atoms with E-state index in [9.17, 15) is 0 Å². The summed E-state index contributed by atoms with van der Waals surface area (Å²) in [6, 6.07) is 0.728. The molecule has 0 bridgehead atoms. The second-order valence-electron chi connectivity index (χ2n) is 4.08. The average molecular weight is 200 g/mol. The number of likely N-dealkylation sites (N-methyl/N-ethyl adjacent to an activating group) is 2. The fourth-order valence-corrected chi connectivity index (χ4v) is 1.71. The van der Waals surface area contributed by atoms with Gasteiger partial charge in [0.1, 0.15) is 0 Å². The first kappa shape index (κ1) is 13.9. The Balaban J connectivity index is 3.77. The van der Waals surface area contributed by atoms with Crippen molar-refractivity contribution in [3.8, 4) is 0 Å². The molecule has 0 aliphatic carbocycles. The van der Waals surface area contributed by atoms with E-state index in [1.165, 1.54) is 32.2 Å². The van der Waals surface area contributed by atoms with E-state index in [2.05, 4.69) is 38.0 Å². The third-order valence-electron chi connectivity index (χ3n) is 2.74. The van der Waals surface area contributed by atoms with E-state index in [0.29, 0.717) is 0 Å². The minimum absolute atomic E-state index is 0.728. The standard InChI is InChI=1S/C12H28N2/c1-5-8-10-14(4)12(9-6-2)11-13-7-3/h12-13H,5-11H2,1-4H3. The van der Waals surface area contributed by atoms with Gasteiger partial charge in [0.15, 0.2) is 0 Å². The van der Waals surface area contributed by atoms with Gasteiger partial charge in [-0.1, -0.05) is 33.6 Å². The van der Waals surface area contributed by atoms with Crippen LogP contribution in [0.15, 0.2) is 0 Å². The van der Waals surface area contributed by atoms with Crippen LogP contribution in [0.2, 0.25) is 0 Å². The molecule has 1 atom stereocenters. The van der Waals surface area contributed by atoms with Crippen LogP contribution in [-0.2, 0) is 0 Å². The Bertz CT molecular complexity index is 115. The van der Waals surface area contributed by atoms with Crippen molar-refractivity contribution in [2.24, 2.45) is 0 Å². The summed E-state index contributed by atoms with van der Waals surface area (Å²) in [6.45, 7) is 10.2. The molecular weight excluding hydrogens is 172 g/mol. The smallest absolute Gasteiger partial charge is 0.0217 e. The zero-order valence-corrected chi connectivity index (χ0v) is 10.5. The van der Waals surface area contributed by atoms with Crippen molar-refractivity contribution in [2.45, 2.75) is 52.5 Å². The van der Waals surface area contributed by atoms with Gasteiger partial charge in [0.25, 0.3) is 0 Å². The number of rotatable bonds is 9. The van der Waals surface area contributed by atoms with Crippen LogP contribution < -0.4 is 5.32 Å². The fourth-order valence-electron chi connectivity index (χ4n) is 1.71. The summed E-state index contributed by atoms with van der Waals surface area (Å²) in [5, 5.41) is 3.45. The molecule has 2 heteroatoms. The highest BCUT2D eigenvalue weighted by atomic mass is 15.1. The van der Waals surface area contributed by atoms with Crippen LogP contribution in [0.25, 0.3) is 0 Å². The Morgan fingerprint density at radius 1 is 1.14 bits per heavy atom. The lowest BCUT2D eigenvalue weighted by atomic mass is 10.1. The molecule has 0 fully saturated rings. The maximum Gasteiger partial charge on any atom is 0.0217 e. The molecule has 0 aromatic carbocycles. The summed E-state index contributed by atoms with van der Waals surface area (Å²) < 4.78 is 0. The molecule has 14 heavy (non-hydrogen) atoms. The monoisotopic (exact) mass is 200 g/mol. The first-order valence-corrected chi connectivity index (χ1v) is 6.17. The molecule has 0 aliphatic heterocycles. The first-order chi connectivity index (χ1) is 6.76. The molecule has 0 saturated carbocycles. The number of nitrogens with one attached hydrogen (secondary N) is 1. The first-order valence-electron chi connectivity index (χ1n) is 6.17. The predicted molar refractivity (Wildman–Crippen MR) is 64.8 cm³/mol. The highest BCUT2D eigenvalue weighted by Gasteiger charge is 2.11. The fraction of sp³-hybridized carbons (Fsp3) is 1.00. The number of unbranched alkanes of at least 4 members (excludes halogenated alkanes) is 1. The molecule has 0 rings (SSSR count). The Morgan fingerprint density at radius 3 is 2.36 bits per heavy atom. The lowest BCUT2D eigenvalue weighted by molar-refractivity contribution is 0.220. The van der Waals surface area contributed by atoms with Crippen molar-refractivity contribution >= 4 is 0 Å². The lowest BCUT2D eigenvalue weighted by Crippen LogP contribution is -2.40. The second kappa shape index (κ2) is 9.47. The van der Waals surface area contributed by atoms with Crippen molar-refractivity contribution < 1.29 is 0 Å². The molecule has 0 aliphatic rings. The summed E-state index contributed by atoms with van der Waals surface area (Å²) in [5.74, 6) is 0. The molecule has 2 nitrogen and oxygen atoms in total. The van der Waals surface area contributed by atoms with Crippen molar-refractivity contribution in [1.29, 1.82) is 0 Å². The van der Waals surface area contributed by atoms with E-state index < -0.39 is 0 Å². The van der Waals surface area contributed by atoms with Gasteiger partial charge in [-0.3, -0.25) is 0 Å². The van der Waals surface area contributed by atoms with E-state index in [1.807, 2.05) is 0 Å². The third kappa shape index (κ3) is 6.39. The maximum absolute atomic E-state index is 3.45. The highest BCUT2D eigenvalue weighted by Crippen LogP contribution is 2.05. The summed E-state index contributed by atoms with van der Waals surface area (Å²) >= 11 is 0. The van der Waals surface area contributed by atoms with Gasteiger partial charge in [-0.2, -0.15) is 0 Å². The van der Waals surface area contributed by atoms with E-state index in [-0.39, 0.29) is 0 Å². The van der Waals surface area contributed by atoms with Crippen LogP contribution in [0.4, 0.5) is 0 Å². The van der Waals surface area contributed by atoms with Gasteiger partial charge in [-0.25, -0.2) is 0 Å². The number of hydrogen-bond acceptors (Lipinski definition) is 2. The second-order valence-corrected chi connectivity index (χ2v) is 4.08. The van der Waals surface area contributed by atoms with Crippen LogP contribution in [-0.4, -0.2) is 37.6 Å². The molecule has 0 aromatic heterocycles. The van der Waals surface area contributed by atoms with Crippen molar-refractivity contribution in [3.63, 3.8) is 0 Å². The van der Waals surface area contributed by atoms with Crippen LogP contribution in [0, 0.1) is 0 Å². The molecule has 0 heterocycles. The Kier molecular flexibility index (Phi) is 9.42. The normalized spacial score (nSPS) is 13.5. The van der Waals surface area contributed by atoms with Crippen molar-refractivity contribution in [3.05, 3.63) is 0 Å². The predicted octanol–water partition coefficient (Wildman–Crippen LogP) is 2.50. The van der Waals surface area contributed by atoms with Gasteiger partial charge in [0.05, 0.1) is 0 Å². The minimum atomic E-state index is 0.728. The van der Waals surface area contributed by atoms with Crippen LogP contribution >= 0.6 is 0 Å². The average Bonchev–Trinajstić information content (AvgIpc) is 2.20. The summed E-state index contributed by atoms with van der Waals surface area (Å²) in [6.07, 6.45) is 5.22. The lowest BCUT2D eigenvalue weighted by Gasteiger charge is -2.28. The number of nitrogens with zero attached hydrogens (tertiary/aromatic N) is 1. The molecule has 1 unspecified atom stereocenters. The molecule has 0 aromatic rings. The van der Waals surface area contributed by atoms with Crippen LogP contribution in [0.3, 0.4) is 0 Å². The SMILES string of the molecule is CCCCN(C)C(CCC)CNCC. The third-order valence-corrected chi connectivity index (χ3v) is 2.74. The van der Waals surface area contributed by atoms with E-state index in [1.54, 1.807) is 0 Å². The van der Waals surface area contributed by atoms with E-state index in [4.69, 9.17) is 0 Å². The van der Waals surface area contributed by atoms with Crippen molar-refractivity contribution in [2.75, 3.05) is 26.7 Å². The van der Waals surface area contributed by atoms with Crippen LogP contribution in [0.1, 0.15) is 46.5 Å². The largest absolute Gasteiger partial charge is 0.315 e. The van der Waals surface area contributed by atoms with Gasteiger partial charge in [-0.05, 0) is 33.0 Å². The van der Waals surface area contributed by atoms with Gasteiger partial charge < -0.3 is 10.2 Å². The maximum atomic E-state index is 3.45. The Labute approximate surface area is 90.1 Å². The minimum Gasteiger partial charge on any atom is -0.315 e. The summed E-state index contributed by atoms with van der Waals surface area (Å²) in [4.78, 5) is 2.51. The Hall–Kier alpha value is -0.0800. The summed E-state index contributed by atoms with van der Waals surface area (Å²) in [5.41, 5.74) is 0. The number of hydrogen-bond donors (Lipinski definition) is 1. The quantitative estimate of drug-likeness (QED) is 0.615.